The molecule has 0 unspecified atom stereocenters. The highest BCUT2D eigenvalue weighted by molar-refractivity contribution is 5.64. The summed E-state index contributed by atoms with van der Waals surface area (Å²) in [4.78, 5) is 10.5. The summed E-state index contributed by atoms with van der Waals surface area (Å²) < 4.78 is 0. The number of anilines is 1. The van der Waals surface area contributed by atoms with Crippen LogP contribution in [-0.2, 0) is 0 Å². The van der Waals surface area contributed by atoms with E-state index in [0.717, 1.165) is 5.56 Å². The van der Waals surface area contributed by atoms with Gasteiger partial charge in [0, 0.05) is 12.6 Å². The fourth-order valence-corrected chi connectivity index (χ4v) is 1.83. The van der Waals surface area contributed by atoms with Gasteiger partial charge >= 0.3 is 0 Å². The van der Waals surface area contributed by atoms with Crippen molar-refractivity contribution in [3.05, 3.63) is 75.8 Å². The van der Waals surface area contributed by atoms with Gasteiger partial charge in [-0.25, -0.2) is 0 Å². The van der Waals surface area contributed by atoms with Crippen LogP contribution in [0.1, 0.15) is 11.1 Å². The van der Waals surface area contributed by atoms with E-state index < -0.39 is 4.92 Å². The monoisotopic (exact) mass is 279 g/mol. The Morgan fingerprint density at radius 3 is 2.67 bits per heavy atom. The third kappa shape index (κ3) is 3.91. The molecule has 0 aliphatic heterocycles. The lowest BCUT2D eigenvalue weighted by Crippen LogP contribution is -2.02. The summed E-state index contributed by atoms with van der Waals surface area (Å²) >= 11 is 0. The molecule has 104 valence electrons. The van der Waals surface area contributed by atoms with Gasteiger partial charge in [0.2, 0.25) is 0 Å². The second kappa shape index (κ2) is 6.87. The maximum Gasteiger partial charge on any atom is 0.293 e. The van der Waals surface area contributed by atoms with E-state index >= 15 is 0 Å². The molecule has 0 amide bonds. The van der Waals surface area contributed by atoms with Crippen LogP contribution >= 0.6 is 0 Å². The molecule has 0 bridgehead atoms. The van der Waals surface area contributed by atoms with Gasteiger partial charge in [0.1, 0.15) is 5.69 Å². The minimum absolute atomic E-state index is 0.0952. The molecule has 5 heteroatoms. The molecule has 2 aromatic carbocycles. The third-order valence-electron chi connectivity index (χ3n) is 2.84. The number of nitrogens with zero attached hydrogens (tertiary/aromatic N) is 2. The van der Waals surface area contributed by atoms with E-state index in [4.69, 9.17) is 5.26 Å². The molecule has 0 atom stereocenters. The van der Waals surface area contributed by atoms with E-state index in [2.05, 4.69) is 5.32 Å². The first kappa shape index (κ1) is 14.3. The molecule has 1 N–H and O–H groups in total. The van der Waals surface area contributed by atoms with Crippen LogP contribution in [0.5, 0.6) is 0 Å². The molecule has 0 spiro atoms. The number of hydrogen-bond donors (Lipinski definition) is 1. The van der Waals surface area contributed by atoms with Gasteiger partial charge in [-0.3, -0.25) is 10.1 Å². The van der Waals surface area contributed by atoms with Crippen LogP contribution in [0.3, 0.4) is 0 Å². The predicted octanol–water partition coefficient (Wildman–Crippen LogP) is 3.59. The molecular formula is C16H13N3O2. The number of nitro groups is 1. The number of benzene rings is 2. The molecule has 0 aromatic heterocycles. The van der Waals surface area contributed by atoms with Crippen LogP contribution in [-0.4, -0.2) is 11.5 Å². The number of rotatable bonds is 5. The number of nitrogens with one attached hydrogen (secondary N) is 1. The lowest BCUT2D eigenvalue weighted by Gasteiger charge is -2.04. The third-order valence-corrected chi connectivity index (χ3v) is 2.84. The summed E-state index contributed by atoms with van der Waals surface area (Å²) in [5, 5.41) is 22.7. The summed E-state index contributed by atoms with van der Waals surface area (Å²) in [5.74, 6) is 0. The van der Waals surface area contributed by atoms with Gasteiger partial charge in [-0.05, 0) is 17.7 Å². The van der Waals surface area contributed by atoms with Crippen LogP contribution in [0.4, 0.5) is 11.4 Å². The highest BCUT2D eigenvalue weighted by Gasteiger charge is 2.13. The van der Waals surface area contributed by atoms with Crippen molar-refractivity contribution in [1.29, 1.82) is 5.26 Å². The van der Waals surface area contributed by atoms with Gasteiger partial charge in [0.25, 0.3) is 5.69 Å². The lowest BCUT2D eigenvalue weighted by molar-refractivity contribution is -0.384. The SMILES string of the molecule is N#Cc1ccc(NC/C=C/c2ccccc2)c([N+](=O)[O-])c1. The molecule has 0 fully saturated rings. The Bertz CT molecular complexity index is 703. The Morgan fingerprint density at radius 1 is 1.24 bits per heavy atom. The molecule has 0 aliphatic carbocycles. The van der Waals surface area contributed by atoms with Crippen LogP contribution in [0.2, 0.25) is 0 Å². The van der Waals surface area contributed by atoms with Crippen LogP contribution < -0.4 is 5.32 Å². The van der Waals surface area contributed by atoms with Crippen molar-refractivity contribution in [2.75, 3.05) is 11.9 Å². The predicted molar refractivity (Wildman–Crippen MR) is 81.8 cm³/mol. The average Bonchev–Trinajstić information content (AvgIpc) is 2.52. The highest BCUT2D eigenvalue weighted by atomic mass is 16.6. The summed E-state index contributed by atoms with van der Waals surface area (Å²) in [6, 6.07) is 16.0. The van der Waals surface area contributed by atoms with Crippen LogP contribution in [0, 0.1) is 21.4 Å². The van der Waals surface area contributed by atoms with Crippen molar-refractivity contribution in [2.24, 2.45) is 0 Å². The van der Waals surface area contributed by atoms with Crippen molar-refractivity contribution >= 4 is 17.5 Å². The first-order valence-electron chi connectivity index (χ1n) is 6.34. The van der Waals surface area contributed by atoms with Crippen molar-refractivity contribution in [2.45, 2.75) is 0 Å². The Hall–Kier alpha value is -3.13. The van der Waals surface area contributed by atoms with Crippen molar-refractivity contribution in [1.82, 2.24) is 0 Å². The van der Waals surface area contributed by atoms with E-state index in [1.807, 2.05) is 48.6 Å². The summed E-state index contributed by atoms with van der Waals surface area (Å²) in [6.45, 7) is 0.460. The van der Waals surface area contributed by atoms with Gasteiger partial charge in [0.05, 0.1) is 16.6 Å². The van der Waals surface area contributed by atoms with Gasteiger partial charge in [-0.1, -0.05) is 42.5 Å². The van der Waals surface area contributed by atoms with E-state index in [1.54, 1.807) is 12.1 Å². The zero-order valence-electron chi connectivity index (χ0n) is 11.2. The quantitative estimate of drug-likeness (QED) is 0.670. The zero-order valence-corrected chi connectivity index (χ0v) is 11.2. The molecule has 0 heterocycles. The van der Waals surface area contributed by atoms with E-state index in [0.29, 0.717) is 12.2 Å². The normalized spacial score (nSPS) is 10.2. The standard InChI is InChI=1S/C16H13N3O2/c17-12-14-8-9-15(16(11-14)19(20)21)18-10-4-7-13-5-2-1-3-6-13/h1-9,11,18H,10H2/b7-4+. The van der Waals surface area contributed by atoms with Gasteiger partial charge in [-0.15, -0.1) is 0 Å². The fourth-order valence-electron chi connectivity index (χ4n) is 1.83. The topological polar surface area (TPSA) is 79.0 Å². The first-order valence-corrected chi connectivity index (χ1v) is 6.34. The minimum atomic E-state index is -0.496. The van der Waals surface area contributed by atoms with Crippen LogP contribution in [0.25, 0.3) is 6.08 Å². The molecule has 2 rings (SSSR count). The minimum Gasteiger partial charge on any atom is -0.376 e. The van der Waals surface area contributed by atoms with Gasteiger partial charge < -0.3 is 5.32 Å². The molecule has 0 aliphatic rings. The number of nitriles is 1. The zero-order chi connectivity index (χ0) is 15.1. The molecular weight excluding hydrogens is 266 g/mol. The molecule has 5 nitrogen and oxygen atoms in total. The largest absolute Gasteiger partial charge is 0.376 e. The maximum atomic E-state index is 11.0. The summed E-state index contributed by atoms with van der Waals surface area (Å²) in [6.07, 6.45) is 3.82. The Kier molecular flexibility index (Phi) is 4.67. The fraction of sp³-hybridized carbons (Fsp3) is 0.0625. The molecule has 0 saturated carbocycles. The molecule has 2 aromatic rings. The lowest BCUT2D eigenvalue weighted by atomic mass is 10.2. The highest BCUT2D eigenvalue weighted by Crippen LogP contribution is 2.25. The molecule has 21 heavy (non-hydrogen) atoms. The van der Waals surface area contributed by atoms with Crippen LogP contribution in [0.15, 0.2) is 54.6 Å². The Labute approximate surface area is 122 Å². The Balaban J connectivity index is 2.05. The van der Waals surface area contributed by atoms with Crippen molar-refractivity contribution < 1.29 is 4.92 Å². The first-order chi connectivity index (χ1) is 10.2. The second-order valence-electron chi connectivity index (χ2n) is 4.29. The Morgan fingerprint density at radius 2 is 2.00 bits per heavy atom. The number of nitro benzene ring substituents is 1. The smallest absolute Gasteiger partial charge is 0.293 e. The summed E-state index contributed by atoms with van der Waals surface area (Å²) in [7, 11) is 0. The molecule has 0 radical (unpaired) electrons. The average molecular weight is 279 g/mol. The van der Waals surface area contributed by atoms with Crippen molar-refractivity contribution in [3.63, 3.8) is 0 Å². The number of hydrogen-bond acceptors (Lipinski definition) is 4. The van der Waals surface area contributed by atoms with Gasteiger partial charge in [0.15, 0.2) is 0 Å². The van der Waals surface area contributed by atoms with E-state index in [1.165, 1.54) is 6.07 Å². The van der Waals surface area contributed by atoms with E-state index in [9.17, 15) is 10.1 Å². The second-order valence-corrected chi connectivity index (χ2v) is 4.29. The summed E-state index contributed by atoms with van der Waals surface area (Å²) in [5.41, 5.74) is 1.64. The van der Waals surface area contributed by atoms with Gasteiger partial charge in [-0.2, -0.15) is 5.26 Å². The van der Waals surface area contributed by atoms with Crippen molar-refractivity contribution in [3.8, 4) is 6.07 Å². The maximum absolute atomic E-state index is 11.0. The molecule has 0 saturated heterocycles. The van der Waals surface area contributed by atoms with E-state index in [-0.39, 0.29) is 11.3 Å².